The number of carbonyl (C=O) groups excluding carboxylic acids is 1. The largest absolute Gasteiger partial charge is 0.353 e. The van der Waals surface area contributed by atoms with Crippen molar-refractivity contribution in [2.24, 2.45) is 5.92 Å². The van der Waals surface area contributed by atoms with E-state index >= 15 is 0 Å². The molecule has 1 fully saturated rings. The highest BCUT2D eigenvalue weighted by Gasteiger charge is 2.33. The maximum atomic E-state index is 13.1. The minimum atomic E-state index is -3.67. The maximum Gasteiger partial charge on any atom is 0.272 e. The number of hydrogen-bond acceptors (Lipinski definition) is 3. The van der Waals surface area contributed by atoms with E-state index in [0.717, 1.165) is 12.8 Å². The molecule has 1 aromatic carbocycles. The number of piperidine rings is 1. The Kier molecular flexibility index (Phi) is 5.39. The molecule has 146 valence electrons. The Morgan fingerprint density at radius 3 is 2.37 bits per heavy atom. The zero-order chi connectivity index (χ0) is 19.8. The third-order valence-corrected chi connectivity index (χ3v) is 7.21. The average molecular weight is 393 g/mol. The van der Waals surface area contributed by atoms with E-state index in [1.54, 1.807) is 13.8 Å². The molecular formula is C19H24FN3O3S. The molecule has 1 aliphatic rings. The lowest BCUT2D eigenvalue weighted by molar-refractivity contribution is 0.102. The fourth-order valence-electron chi connectivity index (χ4n) is 3.43. The quantitative estimate of drug-likeness (QED) is 0.835. The summed E-state index contributed by atoms with van der Waals surface area (Å²) >= 11 is 0. The Morgan fingerprint density at radius 2 is 1.78 bits per heavy atom. The predicted molar refractivity (Wildman–Crippen MR) is 102 cm³/mol. The van der Waals surface area contributed by atoms with Crippen LogP contribution in [0.3, 0.4) is 0 Å². The number of rotatable bonds is 4. The van der Waals surface area contributed by atoms with Gasteiger partial charge in [-0.2, -0.15) is 4.31 Å². The number of amides is 1. The molecule has 0 unspecified atom stereocenters. The lowest BCUT2D eigenvalue weighted by Gasteiger charge is -2.29. The zero-order valence-electron chi connectivity index (χ0n) is 15.7. The number of carbonyl (C=O) groups is 1. The number of H-pyrrole nitrogens is 1. The highest BCUT2D eigenvalue weighted by Crippen LogP contribution is 2.29. The lowest BCUT2D eigenvalue weighted by Crippen LogP contribution is -2.38. The van der Waals surface area contributed by atoms with Gasteiger partial charge in [0.15, 0.2) is 0 Å². The van der Waals surface area contributed by atoms with Gasteiger partial charge < -0.3 is 10.3 Å². The number of aromatic amines is 1. The first-order chi connectivity index (χ1) is 12.7. The summed E-state index contributed by atoms with van der Waals surface area (Å²) in [4.78, 5) is 15.7. The minimum absolute atomic E-state index is 0.168. The van der Waals surface area contributed by atoms with Crippen molar-refractivity contribution >= 4 is 21.6 Å². The summed E-state index contributed by atoms with van der Waals surface area (Å²) in [6.07, 6.45) is 1.67. The van der Waals surface area contributed by atoms with Crippen LogP contribution < -0.4 is 5.32 Å². The van der Waals surface area contributed by atoms with Gasteiger partial charge in [-0.1, -0.05) is 6.92 Å². The van der Waals surface area contributed by atoms with Crippen LogP contribution in [-0.4, -0.2) is 36.7 Å². The first kappa shape index (κ1) is 19.6. The highest BCUT2D eigenvalue weighted by molar-refractivity contribution is 7.89. The summed E-state index contributed by atoms with van der Waals surface area (Å²) in [6.45, 7) is 6.38. The molecule has 1 amide bonds. The van der Waals surface area contributed by atoms with Crippen molar-refractivity contribution in [3.05, 3.63) is 47.0 Å². The van der Waals surface area contributed by atoms with Crippen molar-refractivity contribution in [2.45, 2.75) is 38.5 Å². The number of sulfonamides is 1. The molecule has 8 heteroatoms. The van der Waals surface area contributed by atoms with Crippen molar-refractivity contribution in [1.82, 2.24) is 9.29 Å². The number of nitrogens with one attached hydrogen (secondary N) is 2. The van der Waals surface area contributed by atoms with Crippen molar-refractivity contribution in [3.8, 4) is 0 Å². The van der Waals surface area contributed by atoms with Gasteiger partial charge in [-0.15, -0.1) is 0 Å². The number of benzene rings is 1. The summed E-state index contributed by atoms with van der Waals surface area (Å²) in [5.74, 6) is -0.345. The molecule has 3 rings (SSSR count). The van der Waals surface area contributed by atoms with Crippen LogP contribution in [0, 0.1) is 25.6 Å². The first-order valence-electron chi connectivity index (χ1n) is 8.96. The second-order valence-corrected chi connectivity index (χ2v) is 9.00. The van der Waals surface area contributed by atoms with Gasteiger partial charge in [-0.25, -0.2) is 12.8 Å². The van der Waals surface area contributed by atoms with E-state index in [1.165, 1.54) is 28.6 Å². The standard InChI is InChI=1S/C19H24FN3O3S/c1-12-8-10-23(11-9-12)27(25,26)18-13(2)17(21-14(18)3)19(24)22-16-6-4-15(20)5-7-16/h4-7,12,21H,8-11H2,1-3H3,(H,22,24). The van der Waals surface area contributed by atoms with Crippen LogP contribution in [0.2, 0.25) is 0 Å². The third kappa shape index (κ3) is 3.91. The summed E-state index contributed by atoms with van der Waals surface area (Å²) in [7, 11) is -3.67. The van der Waals surface area contributed by atoms with E-state index in [4.69, 9.17) is 0 Å². The maximum absolute atomic E-state index is 13.1. The second-order valence-electron chi connectivity index (χ2n) is 7.13. The van der Waals surface area contributed by atoms with Gasteiger partial charge in [-0.05, 0) is 62.4 Å². The SMILES string of the molecule is Cc1[nH]c(C(=O)Nc2ccc(F)cc2)c(C)c1S(=O)(=O)N1CCC(C)CC1. The van der Waals surface area contributed by atoms with E-state index < -0.39 is 21.7 Å². The van der Waals surface area contributed by atoms with Crippen LogP contribution in [0.5, 0.6) is 0 Å². The molecule has 0 spiro atoms. The van der Waals surface area contributed by atoms with Crippen molar-refractivity contribution in [3.63, 3.8) is 0 Å². The molecule has 0 saturated carbocycles. The number of aryl methyl sites for hydroxylation is 1. The molecule has 0 bridgehead atoms. The Bertz CT molecular complexity index is 943. The van der Waals surface area contributed by atoms with Crippen LogP contribution in [0.1, 0.15) is 41.5 Å². The molecular weight excluding hydrogens is 369 g/mol. The van der Waals surface area contributed by atoms with Crippen molar-refractivity contribution in [1.29, 1.82) is 0 Å². The molecule has 0 radical (unpaired) electrons. The van der Waals surface area contributed by atoms with Gasteiger partial charge in [-0.3, -0.25) is 4.79 Å². The molecule has 2 aromatic rings. The molecule has 27 heavy (non-hydrogen) atoms. The van der Waals surface area contributed by atoms with Gasteiger partial charge in [0.1, 0.15) is 16.4 Å². The van der Waals surface area contributed by atoms with Gasteiger partial charge in [0.05, 0.1) is 0 Å². The summed E-state index contributed by atoms with van der Waals surface area (Å²) < 4.78 is 40.7. The molecule has 6 nitrogen and oxygen atoms in total. The normalized spacial score (nSPS) is 16.4. The van der Waals surface area contributed by atoms with Gasteiger partial charge >= 0.3 is 0 Å². The second kappa shape index (κ2) is 7.44. The van der Waals surface area contributed by atoms with Gasteiger partial charge in [0.2, 0.25) is 10.0 Å². The van der Waals surface area contributed by atoms with E-state index in [0.29, 0.717) is 36.0 Å². The highest BCUT2D eigenvalue weighted by atomic mass is 32.2. The summed E-state index contributed by atoms with van der Waals surface area (Å²) in [5.41, 5.74) is 1.46. The van der Waals surface area contributed by atoms with E-state index in [-0.39, 0.29) is 10.6 Å². The van der Waals surface area contributed by atoms with Gasteiger partial charge in [0.25, 0.3) is 5.91 Å². The number of nitrogens with zero attached hydrogens (tertiary/aromatic N) is 1. The molecule has 2 N–H and O–H groups in total. The summed E-state index contributed by atoms with van der Waals surface area (Å²) in [6, 6.07) is 5.39. The summed E-state index contributed by atoms with van der Waals surface area (Å²) in [5, 5.41) is 2.66. The molecule has 1 saturated heterocycles. The lowest BCUT2D eigenvalue weighted by atomic mass is 10.0. The number of hydrogen-bond donors (Lipinski definition) is 2. The minimum Gasteiger partial charge on any atom is -0.353 e. The number of anilines is 1. The molecule has 2 heterocycles. The third-order valence-electron chi connectivity index (χ3n) is 5.04. The average Bonchev–Trinajstić information content (AvgIpc) is 2.92. The van der Waals surface area contributed by atoms with E-state index in [9.17, 15) is 17.6 Å². The predicted octanol–water partition coefficient (Wildman–Crippen LogP) is 3.44. The van der Waals surface area contributed by atoms with Crippen LogP contribution in [0.25, 0.3) is 0 Å². The fourth-order valence-corrected chi connectivity index (χ4v) is 5.30. The van der Waals surface area contributed by atoms with Crippen molar-refractivity contribution in [2.75, 3.05) is 18.4 Å². The van der Waals surface area contributed by atoms with Crippen molar-refractivity contribution < 1.29 is 17.6 Å². The molecule has 1 aliphatic heterocycles. The van der Waals surface area contributed by atoms with Crippen LogP contribution >= 0.6 is 0 Å². The monoisotopic (exact) mass is 393 g/mol. The van der Waals surface area contributed by atoms with Crippen LogP contribution in [0.4, 0.5) is 10.1 Å². The Labute approximate surface area is 158 Å². The smallest absolute Gasteiger partial charge is 0.272 e. The molecule has 1 aromatic heterocycles. The number of halogens is 1. The van der Waals surface area contributed by atoms with Crippen LogP contribution in [-0.2, 0) is 10.0 Å². The Morgan fingerprint density at radius 1 is 1.19 bits per heavy atom. The fraction of sp³-hybridized carbons (Fsp3) is 0.421. The Balaban J connectivity index is 1.87. The molecule has 0 aliphatic carbocycles. The first-order valence-corrected chi connectivity index (χ1v) is 10.4. The van der Waals surface area contributed by atoms with Gasteiger partial charge in [0, 0.05) is 24.5 Å². The number of aromatic nitrogens is 1. The topological polar surface area (TPSA) is 82.3 Å². The van der Waals surface area contributed by atoms with E-state index in [1.807, 2.05) is 0 Å². The zero-order valence-corrected chi connectivity index (χ0v) is 16.5. The molecule has 0 atom stereocenters. The van der Waals surface area contributed by atoms with Crippen LogP contribution in [0.15, 0.2) is 29.2 Å². The Hall–Kier alpha value is -2.19. The van der Waals surface area contributed by atoms with E-state index in [2.05, 4.69) is 17.2 Å².